The molecule has 3 heterocycles. The minimum atomic E-state index is -0.721. The van der Waals surface area contributed by atoms with Crippen LogP contribution in [0.3, 0.4) is 0 Å². The van der Waals surface area contributed by atoms with Gasteiger partial charge in [0.25, 0.3) is 0 Å². The Kier molecular flexibility index (Phi) is 5.59. The molecule has 0 aliphatic carbocycles. The molecule has 0 saturated heterocycles. The van der Waals surface area contributed by atoms with Gasteiger partial charge in [0.15, 0.2) is 0 Å². The average Bonchev–Trinajstić information content (AvgIpc) is 3.22. The second-order valence-electron chi connectivity index (χ2n) is 9.03. The molecular weight excluding hydrogens is 443 g/mol. The lowest BCUT2D eigenvalue weighted by molar-refractivity contribution is 0.251. The van der Waals surface area contributed by atoms with E-state index in [1.54, 1.807) is 26.2 Å². The highest BCUT2D eigenvalue weighted by Gasteiger charge is 2.32. The summed E-state index contributed by atoms with van der Waals surface area (Å²) < 4.78 is 19.8. The third-order valence-corrected chi connectivity index (χ3v) is 5.36. The molecule has 4 amide bonds. The predicted octanol–water partition coefficient (Wildman–Crippen LogP) is 4.01. The van der Waals surface area contributed by atoms with Crippen molar-refractivity contribution in [3.63, 3.8) is 0 Å². The largest absolute Gasteiger partial charge is 0.368 e. The van der Waals surface area contributed by atoms with Gasteiger partial charge in [-0.2, -0.15) is 4.98 Å². The minimum Gasteiger partial charge on any atom is -0.368 e. The van der Waals surface area contributed by atoms with E-state index in [1.807, 2.05) is 20.8 Å². The monoisotopic (exact) mass is 468 g/mol. The quantitative estimate of drug-likeness (QED) is 0.527. The molecule has 0 bridgehead atoms. The Labute approximate surface area is 195 Å². The third kappa shape index (κ3) is 4.34. The van der Waals surface area contributed by atoms with E-state index in [2.05, 4.69) is 25.8 Å². The lowest BCUT2D eigenvalue weighted by atomic mass is 9.92. The molecule has 0 fully saturated rings. The highest BCUT2D eigenvalue weighted by molar-refractivity contribution is 6.06. The van der Waals surface area contributed by atoms with Gasteiger partial charge in [-0.25, -0.2) is 19.0 Å². The third-order valence-electron chi connectivity index (χ3n) is 5.36. The topological polar surface area (TPSA) is 143 Å². The highest BCUT2D eigenvalue weighted by atomic mass is 19.1. The van der Waals surface area contributed by atoms with Crippen LogP contribution < -0.4 is 26.2 Å². The van der Waals surface area contributed by atoms with Gasteiger partial charge in [-0.15, -0.1) is 0 Å². The van der Waals surface area contributed by atoms with Crippen LogP contribution in [0.4, 0.5) is 43.0 Å². The first kappa shape index (κ1) is 23.0. The van der Waals surface area contributed by atoms with Gasteiger partial charge in [0.2, 0.25) is 11.8 Å². The fraction of sp³-hybridized carbons (Fsp3) is 0.318. The van der Waals surface area contributed by atoms with Crippen molar-refractivity contribution in [3.8, 4) is 0 Å². The molecule has 0 atom stereocenters. The number of carbonyl (C=O) groups excluding carboxylic acids is 2. The molecular formula is C22H25FN8O3. The van der Waals surface area contributed by atoms with Gasteiger partial charge >= 0.3 is 12.1 Å². The number of rotatable bonds is 3. The number of aromatic nitrogens is 3. The molecule has 178 valence electrons. The molecule has 3 aromatic rings. The molecule has 0 spiro atoms. The van der Waals surface area contributed by atoms with E-state index in [4.69, 9.17) is 10.3 Å². The number of halogens is 1. The van der Waals surface area contributed by atoms with E-state index in [-0.39, 0.29) is 35.5 Å². The lowest BCUT2D eigenvalue weighted by Gasteiger charge is -2.34. The Hall–Kier alpha value is -4.22. The van der Waals surface area contributed by atoms with Gasteiger partial charge in [-0.3, -0.25) is 15.1 Å². The molecule has 34 heavy (non-hydrogen) atoms. The number of urea groups is 2. The number of anilines is 5. The molecule has 0 radical (unpaired) electrons. The zero-order chi connectivity index (χ0) is 24.8. The average molecular weight is 468 g/mol. The molecule has 4 rings (SSSR count). The Morgan fingerprint density at radius 2 is 1.97 bits per heavy atom. The maximum atomic E-state index is 14.7. The number of aryl methyl sites for hydroxylation is 1. The molecule has 2 aromatic heterocycles. The molecule has 11 nitrogen and oxygen atoms in total. The van der Waals surface area contributed by atoms with Crippen LogP contribution in [0.25, 0.3) is 0 Å². The maximum absolute atomic E-state index is 14.7. The van der Waals surface area contributed by atoms with Gasteiger partial charge in [0.1, 0.15) is 11.6 Å². The van der Waals surface area contributed by atoms with E-state index in [9.17, 15) is 14.0 Å². The number of nitrogens with two attached hydrogens (primary N) is 1. The summed E-state index contributed by atoms with van der Waals surface area (Å²) in [5, 5.41) is 8.89. The normalized spacial score (nSPS) is 13.6. The smallest absolute Gasteiger partial charge is 0.330 e. The zero-order valence-corrected chi connectivity index (χ0v) is 19.4. The number of nitrogens with one attached hydrogen (secondary N) is 2. The van der Waals surface area contributed by atoms with E-state index in [0.717, 1.165) is 0 Å². The Morgan fingerprint density at radius 3 is 2.65 bits per heavy atom. The van der Waals surface area contributed by atoms with Crippen molar-refractivity contribution in [3.05, 3.63) is 47.0 Å². The molecule has 1 aliphatic heterocycles. The molecule has 0 saturated carbocycles. The van der Waals surface area contributed by atoms with Crippen LogP contribution in [-0.4, -0.2) is 34.2 Å². The summed E-state index contributed by atoms with van der Waals surface area (Å²) in [5.74, 6) is -0.0610. The van der Waals surface area contributed by atoms with Crippen molar-refractivity contribution in [2.45, 2.75) is 39.7 Å². The lowest BCUT2D eigenvalue weighted by Crippen LogP contribution is -2.46. The minimum absolute atomic E-state index is 0.0590. The first-order chi connectivity index (χ1) is 15.9. The number of benzene rings is 1. The summed E-state index contributed by atoms with van der Waals surface area (Å²) in [6, 6.07) is 3.15. The Balaban J connectivity index is 1.58. The number of hydrogen-bond donors (Lipinski definition) is 3. The fourth-order valence-electron chi connectivity index (χ4n) is 3.51. The second-order valence-corrected chi connectivity index (χ2v) is 9.03. The van der Waals surface area contributed by atoms with E-state index >= 15 is 0 Å². The SMILES string of the molecule is Cc1cc(F)c(NC(=O)Nc2cc(C(C)(C)C)no2)cc1N1Cc2cnc(N)nc2N(C)C1=O. The number of hydrogen-bond acceptors (Lipinski definition) is 7. The van der Waals surface area contributed by atoms with Crippen molar-refractivity contribution in [2.75, 3.05) is 33.2 Å². The molecule has 12 heteroatoms. The number of amides is 4. The van der Waals surface area contributed by atoms with Crippen LogP contribution >= 0.6 is 0 Å². The van der Waals surface area contributed by atoms with Gasteiger partial charge in [0, 0.05) is 30.3 Å². The summed E-state index contributed by atoms with van der Waals surface area (Å²) in [7, 11) is 1.56. The van der Waals surface area contributed by atoms with Crippen molar-refractivity contribution in [2.24, 2.45) is 0 Å². The highest BCUT2D eigenvalue weighted by Crippen LogP contribution is 2.34. The van der Waals surface area contributed by atoms with Gasteiger partial charge in [-0.1, -0.05) is 25.9 Å². The van der Waals surface area contributed by atoms with Crippen LogP contribution in [-0.2, 0) is 12.0 Å². The summed E-state index contributed by atoms with van der Waals surface area (Å²) >= 11 is 0. The van der Waals surface area contributed by atoms with Crippen LogP contribution in [0.2, 0.25) is 0 Å². The molecule has 0 unspecified atom stereocenters. The van der Waals surface area contributed by atoms with Crippen LogP contribution in [0.15, 0.2) is 28.9 Å². The first-order valence-electron chi connectivity index (χ1n) is 10.5. The summed E-state index contributed by atoms with van der Waals surface area (Å²) in [5.41, 5.74) is 7.54. The zero-order valence-electron chi connectivity index (χ0n) is 19.4. The van der Waals surface area contributed by atoms with E-state index in [0.29, 0.717) is 28.3 Å². The van der Waals surface area contributed by atoms with Crippen molar-refractivity contribution in [1.82, 2.24) is 15.1 Å². The number of nitrogens with zero attached hydrogens (tertiary/aromatic N) is 5. The Morgan fingerprint density at radius 1 is 1.24 bits per heavy atom. The maximum Gasteiger partial charge on any atom is 0.330 e. The number of carbonyl (C=O) groups is 2. The van der Waals surface area contributed by atoms with Gasteiger partial charge in [0.05, 0.1) is 23.6 Å². The van der Waals surface area contributed by atoms with Crippen molar-refractivity contribution in [1.29, 1.82) is 0 Å². The summed E-state index contributed by atoms with van der Waals surface area (Å²) in [6.45, 7) is 7.70. The summed E-state index contributed by atoms with van der Waals surface area (Å²) in [4.78, 5) is 36.4. The molecule has 1 aliphatic rings. The number of fused-ring (bicyclic) bond motifs is 1. The standard InChI is InChI=1S/C22H25FN8O3/c1-11-6-13(23)14(26-20(32)27-17-8-16(29-34-17)22(2,3)4)7-15(11)31-10-12-9-25-19(24)28-18(12)30(5)21(31)33/h6-9H,10H2,1-5H3,(H2,24,25,28)(H2,26,27,32). The van der Waals surface area contributed by atoms with Crippen molar-refractivity contribution < 1.29 is 18.5 Å². The summed E-state index contributed by atoms with van der Waals surface area (Å²) in [6.07, 6.45) is 1.54. The fourth-order valence-corrected chi connectivity index (χ4v) is 3.51. The van der Waals surface area contributed by atoms with Gasteiger partial charge < -0.3 is 15.6 Å². The van der Waals surface area contributed by atoms with Crippen LogP contribution in [0.5, 0.6) is 0 Å². The Bertz CT molecular complexity index is 1280. The van der Waals surface area contributed by atoms with E-state index in [1.165, 1.54) is 21.9 Å². The van der Waals surface area contributed by atoms with Crippen molar-refractivity contribution >= 4 is 41.1 Å². The van der Waals surface area contributed by atoms with E-state index < -0.39 is 11.8 Å². The molecule has 4 N–H and O–H groups in total. The van der Waals surface area contributed by atoms with Gasteiger partial charge in [-0.05, 0) is 24.6 Å². The van der Waals surface area contributed by atoms with Crippen LogP contribution in [0.1, 0.15) is 37.6 Å². The second kappa shape index (κ2) is 8.28. The first-order valence-corrected chi connectivity index (χ1v) is 10.5. The number of nitrogen functional groups attached to an aromatic ring is 1. The predicted molar refractivity (Wildman–Crippen MR) is 125 cm³/mol. The molecule has 1 aromatic carbocycles. The van der Waals surface area contributed by atoms with Crippen LogP contribution in [0, 0.1) is 12.7 Å².